The predicted octanol–water partition coefficient (Wildman–Crippen LogP) is 3.33. The van der Waals surface area contributed by atoms with Crippen molar-refractivity contribution in [3.05, 3.63) is 95.1 Å². The second kappa shape index (κ2) is 10.5. The summed E-state index contributed by atoms with van der Waals surface area (Å²) in [4.78, 5) is 21.2. The highest BCUT2D eigenvalue weighted by Crippen LogP contribution is 2.21. The highest BCUT2D eigenvalue weighted by Gasteiger charge is 2.22. The van der Waals surface area contributed by atoms with E-state index in [9.17, 15) is 4.79 Å². The number of carbonyl (C=O) groups excluding carboxylic acids is 1. The molecule has 1 amide bonds. The molecule has 0 aliphatic heterocycles. The number of benzene rings is 1. The van der Waals surface area contributed by atoms with Crippen LogP contribution in [0.15, 0.2) is 67.3 Å². The van der Waals surface area contributed by atoms with E-state index in [1.807, 2.05) is 36.5 Å². The predicted molar refractivity (Wildman–Crippen MR) is 116 cm³/mol. The second-order valence-corrected chi connectivity index (χ2v) is 7.18. The Balaban J connectivity index is 1.66. The van der Waals surface area contributed by atoms with E-state index in [2.05, 4.69) is 46.6 Å². The largest absolute Gasteiger partial charge is 0.354 e. The van der Waals surface area contributed by atoms with Gasteiger partial charge in [-0.15, -0.1) is 0 Å². The summed E-state index contributed by atoms with van der Waals surface area (Å²) in [5, 5.41) is 6.54. The minimum atomic E-state index is -0.385. The van der Waals surface area contributed by atoms with Gasteiger partial charge in [0.25, 0.3) is 0 Å². The Morgan fingerprint density at radius 2 is 1.69 bits per heavy atom. The van der Waals surface area contributed by atoms with Gasteiger partial charge in [-0.2, -0.15) is 0 Å². The molecule has 0 saturated heterocycles. The van der Waals surface area contributed by atoms with Crippen LogP contribution in [-0.4, -0.2) is 29.0 Å². The van der Waals surface area contributed by atoms with E-state index < -0.39 is 0 Å². The molecular formula is C24H28N4O. The van der Waals surface area contributed by atoms with Gasteiger partial charge in [0.2, 0.25) is 5.91 Å². The molecule has 1 unspecified atom stereocenters. The number of amides is 1. The maximum Gasteiger partial charge on any atom is 0.241 e. The van der Waals surface area contributed by atoms with Gasteiger partial charge in [-0.1, -0.05) is 24.3 Å². The molecule has 0 spiro atoms. The Kier molecular flexibility index (Phi) is 7.47. The molecule has 2 heterocycles. The lowest BCUT2D eigenvalue weighted by atomic mass is 9.96. The summed E-state index contributed by atoms with van der Waals surface area (Å²) >= 11 is 0. The molecule has 2 N–H and O–H groups in total. The quantitative estimate of drug-likeness (QED) is 0.590. The van der Waals surface area contributed by atoms with Crippen molar-refractivity contribution in [3.8, 4) is 0 Å². The average molecular weight is 389 g/mol. The Bertz CT molecular complexity index is 913. The monoisotopic (exact) mass is 388 g/mol. The minimum Gasteiger partial charge on any atom is -0.354 e. The number of hydrogen-bond donors (Lipinski definition) is 2. The van der Waals surface area contributed by atoms with Gasteiger partial charge in [0.1, 0.15) is 6.04 Å². The van der Waals surface area contributed by atoms with Crippen LogP contribution in [0.5, 0.6) is 0 Å². The first-order chi connectivity index (χ1) is 14.1. The molecule has 0 fully saturated rings. The third kappa shape index (κ3) is 5.96. The maximum atomic E-state index is 13.0. The van der Waals surface area contributed by atoms with E-state index in [0.29, 0.717) is 13.1 Å². The molecule has 5 nitrogen and oxygen atoms in total. The van der Waals surface area contributed by atoms with Crippen LogP contribution in [0.1, 0.15) is 33.9 Å². The van der Waals surface area contributed by atoms with Gasteiger partial charge in [-0.3, -0.25) is 14.8 Å². The van der Waals surface area contributed by atoms with Crippen molar-refractivity contribution in [1.82, 2.24) is 20.6 Å². The number of hydrogen-bond acceptors (Lipinski definition) is 4. The number of nitrogens with zero attached hydrogens (tertiary/aromatic N) is 2. The molecule has 0 radical (unpaired) electrons. The number of rotatable bonds is 9. The fraction of sp³-hybridized carbons (Fsp3) is 0.292. The Morgan fingerprint density at radius 3 is 2.45 bits per heavy atom. The number of aryl methyl sites for hydroxylation is 1. The van der Waals surface area contributed by atoms with Gasteiger partial charge >= 0.3 is 0 Å². The lowest BCUT2D eigenvalue weighted by Crippen LogP contribution is -2.39. The molecule has 0 saturated carbocycles. The summed E-state index contributed by atoms with van der Waals surface area (Å²) in [5.41, 5.74) is 5.67. The fourth-order valence-electron chi connectivity index (χ4n) is 3.32. The Labute approximate surface area is 172 Å². The fourth-order valence-corrected chi connectivity index (χ4v) is 3.32. The van der Waals surface area contributed by atoms with E-state index in [1.54, 1.807) is 18.6 Å². The summed E-state index contributed by atoms with van der Waals surface area (Å²) in [6.45, 7) is 5.44. The molecule has 0 bridgehead atoms. The minimum absolute atomic E-state index is 0.000979. The van der Waals surface area contributed by atoms with Gasteiger partial charge < -0.3 is 10.6 Å². The highest BCUT2D eigenvalue weighted by atomic mass is 16.2. The first-order valence-electron chi connectivity index (χ1n) is 10.00. The normalized spacial score (nSPS) is 11.8. The molecule has 2 aromatic heterocycles. The first-order valence-corrected chi connectivity index (χ1v) is 10.00. The average Bonchev–Trinajstić information content (AvgIpc) is 2.75. The van der Waals surface area contributed by atoms with Crippen molar-refractivity contribution in [2.75, 3.05) is 13.1 Å². The van der Waals surface area contributed by atoms with E-state index >= 15 is 0 Å². The molecule has 150 valence electrons. The summed E-state index contributed by atoms with van der Waals surface area (Å²) in [6, 6.07) is 13.7. The number of aromatic nitrogens is 2. The molecule has 1 atom stereocenters. The van der Waals surface area contributed by atoms with E-state index in [0.717, 1.165) is 35.1 Å². The lowest BCUT2D eigenvalue weighted by molar-refractivity contribution is -0.123. The Morgan fingerprint density at radius 1 is 0.897 bits per heavy atom. The van der Waals surface area contributed by atoms with Crippen LogP contribution in [0.3, 0.4) is 0 Å². The second-order valence-electron chi connectivity index (χ2n) is 7.18. The SMILES string of the molecule is Cc1cccc(C(NCCc2cccnc2)C(=O)NCCc2ccncc2)c1C. The summed E-state index contributed by atoms with van der Waals surface area (Å²) in [6.07, 6.45) is 8.78. The van der Waals surface area contributed by atoms with Gasteiger partial charge in [-0.05, 0) is 72.7 Å². The number of carbonyl (C=O) groups is 1. The van der Waals surface area contributed by atoms with Crippen LogP contribution < -0.4 is 10.6 Å². The summed E-state index contributed by atoms with van der Waals surface area (Å²) in [7, 11) is 0. The molecule has 1 aromatic carbocycles. The van der Waals surface area contributed by atoms with Crippen molar-refractivity contribution in [1.29, 1.82) is 0 Å². The first kappa shape index (κ1) is 20.7. The molecular weight excluding hydrogens is 360 g/mol. The van der Waals surface area contributed by atoms with Crippen LogP contribution >= 0.6 is 0 Å². The van der Waals surface area contributed by atoms with Gasteiger partial charge in [-0.25, -0.2) is 0 Å². The smallest absolute Gasteiger partial charge is 0.241 e. The van der Waals surface area contributed by atoms with Gasteiger partial charge in [0.15, 0.2) is 0 Å². The summed E-state index contributed by atoms with van der Waals surface area (Å²) in [5.74, 6) is -0.000979. The van der Waals surface area contributed by atoms with Crippen molar-refractivity contribution >= 4 is 5.91 Å². The van der Waals surface area contributed by atoms with Crippen LogP contribution in [0, 0.1) is 13.8 Å². The third-order valence-corrected chi connectivity index (χ3v) is 5.17. The summed E-state index contributed by atoms with van der Waals surface area (Å²) < 4.78 is 0. The number of pyridine rings is 2. The van der Waals surface area contributed by atoms with Crippen LogP contribution in [0.2, 0.25) is 0 Å². The van der Waals surface area contributed by atoms with Gasteiger partial charge in [0, 0.05) is 37.9 Å². The van der Waals surface area contributed by atoms with Crippen LogP contribution in [0.4, 0.5) is 0 Å². The van der Waals surface area contributed by atoms with Gasteiger partial charge in [0.05, 0.1) is 0 Å². The van der Waals surface area contributed by atoms with E-state index in [1.165, 1.54) is 5.56 Å². The van der Waals surface area contributed by atoms with Crippen molar-refractivity contribution in [3.63, 3.8) is 0 Å². The maximum absolute atomic E-state index is 13.0. The molecule has 0 aliphatic carbocycles. The van der Waals surface area contributed by atoms with E-state index in [4.69, 9.17) is 0 Å². The van der Waals surface area contributed by atoms with Crippen molar-refractivity contribution < 1.29 is 4.79 Å². The zero-order chi connectivity index (χ0) is 20.5. The lowest BCUT2D eigenvalue weighted by Gasteiger charge is -2.21. The number of nitrogens with one attached hydrogen (secondary N) is 2. The van der Waals surface area contributed by atoms with Crippen molar-refractivity contribution in [2.45, 2.75) is 32.7 Å². The molecule has 5 heteroatoms. The molecule has 3 aromatic rings. The van der Waals surface area contributed by atoms with E-state index in [-0.39, 0.29) is 11.9 Å². The Hall–Kier alpha value is -3.05. The standard InChI is InChI=1S/C24H28N4O/c1-18-5-3-7-22(19(18)2)23(27-15-11-21-6-4-12-26-17-21)24(29)28-16-10-20-8-13-25-14-9-20/h3-9,12-14,17,23,27H,10-11,15-16H2,1-2H3,(H,28,29). The topological polar surface area (TPSA) is 66.9 Å². The molecule has 3 rings (SSSR count). The third-order valence-electron chi connectivity index (χ3n) is 5.17. The highest BCUT2D eigenvalue weighted by molar-refractivity contribution is 5.83. The van der Waals surface area contributed by atoms with Crippen LogP contribution in [0.25, 0.3) is 0 Å². The zero-order valence-electron chi connectivity index (χ0n) is 17.1. The zero-order valence-corrected chi connectivity index (χ0v) is 17.1. The van der Waals surface area contributed by atoms with Crippen LogP contribution in [-0.2, 0) is 17.6 Å². The van der Waals surface area contributed by atoms with Crippen molar-refractivity contribution in [2.24, 2.45) is 0 Å². The molecule has 29 heavy (non-hydrogen) atoms. The molecule has 0 aliphatic rings.